The molecule has 152 valence electrons. The standard InChI is InChI=1S/C20H18ClNO6S/c1-29(27,28)14-4-3-13(17(21)10-14)8-12-2-5-18-15(9-12)19(24)16(20(25)26)11-22(18)6-7-23/h2-5,9-11,23H,6-8H2,1H3,(H,25,26). The Hall–Kier alpha value is -2.68. The third kappa shape index (κ3) is 4.34. The maximum Gasteiger partial charge on any atom is 0.341 e. The topological polar surface area (TPSA) is 114 Å². The average molecular weight is 436 g/mol. The molecule has 1 heterocycles. The number of rotatable bonds is 6. The van der Waals surface area contributed by atoms with E-state index in [1.165, 1.54) is 22.9 Å². The lowest BCUT2D eigenvalue weighted by molar-refractivity contribution is 0.0694. The van der Waals surface area contributed by atoms with Crippen LogP contribution in [0.2, 0.25) is 5.02 Å². The van der Waals surface area contributed by atoms with Crippen molar-refractivity contribution in [3.8, 4) is 0 Å². The Morgan fingerprint density at radius 3 is 2.48 bits per heavy atom. The van der Waals surface area contributed by atoms with Crippen molar-refractivity contribution in [2.24, 2.45) is 0 Å². The highest BCUT2D eigenvalue weighted by atomic mass is 35.5. The number of halogens is 1. The summed E-state index contributed by atoms with van der Waals surface area (Å²) in [6, 6.07) is 9.51. The summed E-state index contributed by atoms with van der Waals surface area (Å²) >= 11 is 6.23. The van der Waals surface area contributed by atoms with E-state index in [1.54, 1.807) is 24.3 Å². The highest BCUT2D eigenvalue weighted by molar-refractivity contribution is 7.90. The zero-order chi connectivity index (χ0) is 21.3. The Kier molecular flexibility index (Phi) is 5.79. The monoisotopic (exact) mass is 435 g/mol. The van der Waals surface area contributed by atoms with Gasteiger partial charge in [-0.3, -0.25) is 4.79 Å². The van der Waals surface area contributed by atoms with E-state index in [9.17, 15) is 28.2 Å². The number of carbonyl (C=O) groups is 1. The second-order valence-electron chi connectivity index (χ2n) is 6.65. The molecule has 29 heavy (non-hydrogen) atoms. The van der Waals surface area contributed by atoms with E-state index >= 15 is 0 Å². The minimum absolute atomic E-state index is 0.114. The SMILES string of the molecule is CS(=O)(=O)c1ccc(Cc2ccc3c(c2)c(=O)c(C(=O)O)cn3CCO)c(Cl)c1. The molecule has 0 aliphatic carbocycles. The molecular weight excluding hydrogens is 418 g/mol. The van der Waals surface area contributed by atoms with Gasteiger partial charge in [0.05, 0.1) is 17.0 Å². The minimum Gasteiger partial charge on any atom is -0.477 e. The maximum atomic E-state index is 12.6. The van der Waals surface area contributed by atoms with Crippen LogP contribution in [-0.2, 0) is 22.8 Å². The molecule has 2 aromatic carbocycles. The number of benzene rings is 2. The molecule has 0 fully saturated rings. The van der Waals surface area contributed by atoms with E-state index in [4.69, 9.17) is 11.6 Å². The third-order valence-corrected chi connectivity index (χ3v) is 6.03. The first kappa shape index (κ1) is 21.0. The molecule has 0 spiro atoms. The van der Waals surface area contributed by atoms with Gasteiger partial charge in [0.2, 0.25) is 5.43 Å². The van der Waals surface area contributed by atoms with Gasteiger partial charge in [-0.15, -0.1) is 0 Å². The number of hydrogen-bond donors (Lipinski definition) is 2. The van der Waals surface area contributed by atoms with Gasteiger partial charge < -0.3 is 14.8 Å². The van der Waals surface area contributed by atoms with E-state index in [0.717, 1.165) is 6.26 Å². The summed E-state index contributed by atoms with van der Waals surface area (Å²) in [5, 5.41) is 19.0. The summed E-state index contributed by atoms with van der Waals surface area (Å²) < 4.78 is 24.8. The molecule has 0 amide bonds. The van der Waals surface area contributed by atoms with Crippen LogP contribution in [0, 0.1) is 0 Å². The zero-order valence-corrected chi connectivity index (χ0v) is 17.0. The number of aliphatic hydroxyl groups is 1. The summed E-state index contributed by atoms with van der Waals surface area (Å²) in [5.74, 6) is -1.34. The van der Waals surface area contributed by atoms with Gasteiger partial charge in [0.15, 0.2) is 9.84 Å². The quantitative estimate of drug-likeness (QED) is 0.614. The van der Waals surface area contributed by atoms with Crippen LogP contribution in [0.3, 0.4) is 0 Å². The van der Waals surface area contributed by atoms with Gasteiger partial charge in [-0.25, -0.2) is 13.2 Å². The molecule has 1 aromatic heterocycles. The van der Waals surface area contributed by atoms with Crippen molar-refractivity contribution >= 4 is 38.3 Å². The number of fused-ring (bicyclic) bond motifs is 1. The van der Waals surface area contributed by atoms with Gasteiger partial charge in [-0.05, 0) is 41.8 Å². The van der Waals surface area contributed by atoms with Crippen molar-refractivity contribution in [3.63, 3.8) is 0 Å². The fourth-order valence-corrected chi connectivity index (χ4v) is 4.08. The zero-order valence-electron chi connectivity index (χ0n) is 15.4. The Labute approximate surface area is 171 Å². The predicted octanol–water partition coefficient (Wildman–Crippen LogP) is 2.34. The summed E-state index contributed by atoms with van der Waals surface area (Å²) in [6.07, 6.45) is 2.65. The van der Waals surface area contributed by atoms with Crippen molar-refractivity contribution in [2.75, 3.05) is 12.9 Å². The molecule has 7 nitrogen and oxygen atoms in total. The second kappa shape index (κ2) is 7.98. The molecule has 0 unspecified atom stereocenters. The van der Waals surface area contributed by atoms with Crippen LogP contribution >= 0.6 is 11.6 Å². The molecule has 3 aromatic rings. The van der Waals surface area contributed by atoms with Crippen LogP contribution in [0.5, 0.6) is 0 Å². The lowest BCUT2D eigenvalue weighted by Crippen LogP contribution is -2.19. The number of aliphatic hydroxyl groups excluding tert-OH is 1. The van der Waals surface area contributed by atoms with Gasteiger partial charge in [0, 0.05) is 29.4 Å². The van der Waals surface area contributed by atoms with Crippen LogP contribution in [0.15, 0.2) is 52.3 Å². The first-order chi connectivity index (χ1) is 13.6. The van der Waals surface area contributed by atoms with Gasteiger partial charge in [-0.2, -0.15) is 0 Å². The summed E-state index contributed by atoms with van der Waals surface area (Å²) in [7, 11) is -3.38. The Bertz CT molecular complexity index is 1280. The molecule has 0 radical (unpaired) electrons. The van der Waals surface area contributed by atoms with Crippen molar-refractivity contribution < 1.29 is 23.4 Å². The fourth-order valence-electron chi connectivity index (χ4n) is 3.12. The largest absolute Gasteiger partial charge is 0.477 e. The smallest absolute Gasteiger partial charge is 0.341 e. The number of nitrogens with zero attached hydrogens (tertiary/aromatic N) is 1. The van der Waals surface area contributed by atoms with E-state index in [1.807, 2.05) is 0 Å². The molecule has 0 saturated carbocycles. The molecule has 0 aliphatic rings. The predicted molar refractivity (Wildman–Crippen MR) is 110 cm³/mol. The first-order valence-corrected chi connectivity index (χ1v) is 10.9. The van der Waals surface area contributed by atoms with Crippen LogP contribution < -0.4 is 5.43 Å². The van der Waals surface area contributed by atoms with E-state index in [0.29, 0.717) is 23.1 Å². The summed E-state index contributed by atoms with van der Waals surface area (Å²) in [5.41, 5.74) is 0.905. The lowest BCUT2D eigenvalue weighted by atomic mass is 10.0. The van der Waals surface area contributed by atoms with Crippen molar-refractivity contribution in [2.45, 2.75) is 17.9 Å². The lowest BCUT2D eigenvalue weighted by Gasteiger charge is -2.13. The molecule has 2 N–H and O–H groups in total. The average Bonchev–Trinajstić information content (AvgIpc) is 2.64. The third-order valence-electron chi connectivity index (χ3n) is 4.56. The van der Waals surface area contributed by atoms with Crippen LogP contribution in [0.4, 0.5) is 0 Å². The van der Waals surface area contributed by atoms with Gasteiger partial charge in [0.1, 0.15) is 5.56 Å². The highest BCUT2D eigenvalue weighted by Gasteiger charge is 2.16. The first-order valence-electron chi connectivity index (χ1n) is 8.60. The second-order valence-corrected chi connectivity index (χ2v) is 9.07. The van der Waals surface area contributed by atoms with E-state index in [2.05, 4.69) is 0 Å². The van der Waals surface area contributed by atoms with Crippen molar-refractivity contribution in [1.82, 2.24) is 4.57 Å². The Balaban J connectivity index is 2.09. The number of sulfone groups is 1. The van der Waals surface area contributed by atoms with Crippen LogP contribution in [0.25, 0.3) is 10.9 Å². The molecule has 0 saturated heterocycles. The van der Waals surface area contributed by atoms with Gasteiger partial charge in [0.25, 0.3) is 0 Å². The highest BCUT2D eigenvalue weighted by Crippen LogP contribution is 2.24. The number of carboxylic acids is 1. The van der Waals surface area contributed by atoms with Crippen molar-refractivity contribution in [1.29, 1.82) is 0 Å². The summed E-state index contributed by atoms with van der Waals surface area (Å²) in [4.78, 5) is 24.1. The molecular formula is C20H18ClNO6S. The Morgan fingerprint density at radius 2 is 1.90 bits per heavy atom. The van der Waals surface area contributed by atoms with E-state index < -0.39 is 21.2 Å². The fraction of sp³-hybridized carbons (Fsp3) is 0.200. The minimum atomic E-state index is -3.38. The van der Waals surface area contributed by atoms with E-state index in [-0.39, 0.29) is 34.0 Å². The number of aromatic nitrogens is 1. The van der Waals surface area contributed by atoms with Crippen molar-refractivity contribution in [3.05, 3.63) is 74.5 Å². The van der Waals surface area contributed by atoms with Crippen LogP contribution in [0.1, 0.15) is 21.5 Å². The number of pyridine rings is 1. The number of aromatic carboxylic acids is 1. The molecule has 3 rings (SSSR count). The molecule has 0 atom stereocenters. The van der Waals surface area contributed by atoms with Gasteiger partial charge in [-0.1, -0.05) is 23.7 Å². The molecule has 0 aliphatic heterocycles. The molecule has 0 bridgehead atoms. The Morgan fingerprint density at radius 1 is 1.17 bits per heavy atom. The number of carboxylic acid groups (broad SMARTS) is 1. The maximum absolute atomic E-state index is 12.6. The normalized spacial score (nSPS) is 11.7. The van der Waals surface area contributed by atoms with Gasteiger partial charge >= 0.3 is 5.97 Å². The van der Waals surface area contributed by atoms with Crippen LogP contribution in [-0.4, -0.2) is 42.0 Å². The summed E-state index contributed by atoms with van der Waals surface area (Å²) in [6.45, 7) is -0.0593. The molecule has 9 heteroatoms. The number of hydrogen-bond acceptors (Lipinski definition) is 5.